The largest absolute Gasteiger partial charge is 0.352 e. The number of nitrogens with zero attached hydrogens (tertiary/aromatic N) is 1. The van der Waals surface area contributed by atoms with E-state index in [-0.39, 0.29) is 11.2 Å². The molecule has 1 N–H and O–H groups in total. The van der Waals surface area contributed by atoms with E-state index in [2.05, 4.69) is 10.3 Å². The van der Waals surface area contributed by atoms with Crippen LogP contribution in [0.5, 0.6) is 0 Å². The smallest absolute Gasteiger partial charge is 0.254 e. The average molecular weight is 268 g/mol. The monoisotopic (exact) mass is 268 g/mol. The summed E-state index contributed by atoms with van der Waals surface area (Å²) in [5, 5.41) is 3.13. The van der Waals surface area contributed by atoms with E-state index in [1.165, 1.54) is 0 Å². The Balaban J connectivity index is 2.95. The maximum Gasteiger partial charge on any atom is 0.254 e. The molecule has 0 saturated heterocycles. The van der Waals surface area contributed by atoms with Gasteiger partial charge in [-0.2, -0.15) is 0 Å². The minimum atomic E-state index is -1.25. The fourth-order valence-corrected chi connectivity index (χ4v) is 2.33. The molecule has 0 saturated carbocycles. The van der Waals surface area contributed by atoms with E-state index in [1.54, 1.807) is 18.3 Å². The van der Waals surface area contributed by atoms with Crippen LogP contribution in [0.15, 0.2) is 23.4 Å². The summed E-state index contributed by atoms with van der Waals surface area (Å²) in [5.41, 5.74) is 0.408. The van der Waals surface area contributed by atoms with Gasteiger partial charge in [0, 0.05) is 18.0 Å². The summed E-state index contributed by atoms with van der Waals surface area (Å²) in [4.78, 5) is 16.1. The Hall–Kier alpha value is -1.23. The Labute approximate surface area is 111 Å². The molecule has 18 heavy (non-hydrogen) atoms. The third-order valence-corrected chi connectivity index (χ3v) is 3.87. The van der Waals surface area contributed by atoms with Gasteiger partial charge in [-0.15, -0.1) is 0 Å². The summed E-state index contributed by atoms with van der Waals surface area (Å²) in [5.74, 6) is 0.172. The van der Waals surface area contributed by atoms with Gasteiger partial charge in [0.25, 0.3) is 5.91 Å². The maximum atomic E-state index is 12.1. The molecule has 0 fully saturated rings. The molecular formula is C13H20N2O2S. The van der Waals surface area contributed by atoms with Crippen molar-refractivity contribution in [2.45, 2.75) is 38.0 Å². The van der Waals surface area contributed by atoms with Crippen molar-refractivity contribution in [3.05, 3.63) is 23.9 Å². The lowest BCUT2D eigenvalue weighted by Crippen LogP contribution is -2.29. The second kappa shape index (κ2) is 6.64. The van der Waals surface area contributed by atoms with Crippen LogP contribution in [0.2, 0.25) is 0 Å². The van der Waals surface area contributed by atoms with Gasteiger partial charge in [-0.25, -0.2) is 4.98 Å². The van der Waals surface area contributed by atoms with Crippen molar-refractivity contribution in [1.82, 2.24) is 10.3 Å². The predicted molar refractivity (Wildman–Crippen MR) is 73.0 cm³/mol. The molecule has 1 rings (SSSR count). The minimum absolute atomic E-state index is 0.0588. The van der Waals surface area contributed by atoms with Gasteiger partial charge in [-0.05, 0) is 18.1 Å². The first-order valence-corrected chi connectivity index (χ1v) is 7.28. The second-order valence-corrected chi connectivity index (χ2v) is 6.73. The number of amides is 1. The van der Waals surface area contributed by atoms with Crippen LogP contribution in [-0.4, -0.2) is 26.9 Å². The highest BCUT2D eigenvalue weighted by molar-refractivity contribution is 7.85. The average Bonchev–Trinajstić information content (AvgIpc) is 2.34. The third-order valence-electron chi connectivity index (χ3n) is 2.31. The quantitative estimate of drug-likeness (QED) is 0.888. The Morgan fingerprint density at radius 1 is 1.39 bits per heavy atom. The summed E-state index contributed by atoms with van der Waals surface area (Å²) in [7, 11) is -1.25. The van der Waals surface area contributed by atoms with E-state index in [1.807, 2.05) is 27.7 Å². The Kier molecular flexibility index (Phi) is 5.47. The molecule has 0 aliphatic carbocycles. The highest BCUT2D eigenvalue weighted by atomic mass is 32.2. The number of carbonyl (C=O) groups is 1. The van der Waals surface area contributed by atoms with Crippen LogP contribution in [0, 0.1) is 5.92 Å². The SMILES string of the molecule is CC(C)CNC(=O)c1cccnc1S(=O)C(C)C. The molecular weight excluding hydrogens is 248 g/mol. The first-order valence-electron chi connectivity index (χ1n) is 6.07. The fraction of sp³-hybridized carbons (Fsp3) is 0.538. The molecule has 1 amide bonds. The Bertz CT molecular complexity index is 444. The standard InChI is InChI=1S/C13H20N2O2S/c1-9(2)8-15-12(16)11-6-5-7-14-13(11)18(17)10(3)4/h5-7,9-10H,8H2,1-4H3,(H,15,16). The van der Waals surface area contributed by atoms with Gasteiger partial charge in [-0.1, -0.05) is 27.7 Å². The molecule has 100 valence electrons. The number of carbonyl (C=O) groups excluding carboxylic acids is 1. The number of pyridine rings is 1. The highest BCUT2D eigenvalue weighted by Gasteiger charge is 2.19. The van der Waals surface area contributed by atoms with E-state index in [0.717, 1.165) is 0 Å². The lowest BCUT2D eigenvalue weighted by Gasteiger charge is -2.11. The van der Waals surface area contributed by atoms with Crippen LogP contribution in [-0.2, 0) is 10.8 Å². The van der Waals surface area contributed by atoms with E-state index >= 15 is 0 Å². The summed E-state index contributed by atoms with van der Waals surface area (Å²) in [6, 6.07) is 3.35. The van der Waals surface area contributed by atoms with Crippen molar-refractivity contribution in [2.24, 2.45) is 5.92 Å². The van der Waals surface area contributed by atoms with Crippen LogP contribution in [0.4, 0.5) is 0 Å². The maximum absolute atomic E-state index is 12.1. The zero-order valence-electron chi connectivity index (χ0n) is 11.3. The Morgan fingerprint density at radius 2 is 2.06 bits per heavy atom. The lowest BCUT2D eigenvalue weighted by atomic mass is 10.2. The van der Waals surface area contributed by atoms with Crippen molar-refractivity contribution in [3.63, 3.8) is 0 Å². The lowest BCUT2D eigenvalue weighted by molar-refractivity contribution is 0.0945. The minimum Gasteiger partial charge on any atom is -0.352 e. The first kappa shape index (κ1) is 14.8. The van der Waals surface area contributed by atoms with Gasteiger partial charge in [0.1, 0.15) is 5.03 Å². The number of hydrogen-bond donors (Lipinski definition) is 1. The molecule has 4 nitrogen and oxygen atoms in total. The molecule has 1 heterocycles. The van der Waals surface area contributed by atoms with Crippen molar-refractivity contribution in [1.29, 1.82) is 0 Å². The van der Waals surface area contributed by atoms with Gasteiger partial charge in [0.05, 0.1) is 16.4 Å². The molecule has 0 aromatic carbocycles. The van der Waals surface area contributed by atoms with Crippen LogP contribution < -0.4 is 5.32 Å². The predicted octanol–water partition coefficient (Wildman–Crippen LogP) is 1.98. The summed E-state index contributed by atoms with van der Waals surface area (Å²) in [6.07, 6.45) is 1.56. The number of hydrogen-bond acceptors (Lipinski definition) is 3. The van der Waals surface area contributed by atoms with Gasteiger partial charge in [0.2, 0.25) is 0 Å². The van der Waals surface area contributed by atoms with E-state index in [9.17, 15) is 9.00 Å². The normalized spacial score (nSPS) is 12.8. The van der Waals surface area contributed by atoms with Crippen molar-refractivity contribution < 1.29 is 9.00 Å². The van der Waals surface area contributed by atoms with Crippen molar-refractivity contribution in [3.8, 4) is 0 Å². The molecule has 1 unspecified atom stereocenters. The number of aromatic nitrogens is 1. The van der Waals surface area contributed by atoms with Gasteiger partial charge < -0.3 is 5.32 Å². The molecule has 0 aliphatic rings. The van der Waals surface area contributed by atoms with Crippen LogP contribution >= 0.6 is 0 Å². The van der Waals surface area contributed by atoms with Crippen molar-refractivity contribution in [2.75, 3.05) is 6.54 Å². The number of rotatable bonds is 5. The zero-order valence-corrected chi connectivity index (χ0v) is 12.1. The zero-order chi connectivity index (χ0) is 13.7. The van der Waals surface area contributed by atoms with E-state index in [0.29, 0.717) is 23.1 Å². The molecule has 1 atom stereocenters. The molecule has 1 aromatic heterocycles. The van der Waals surface area contributed by atoms with Gasteiger partial charge in [0.15, 0.2) is 0 Å². The topological polar surface area (TPSA) is 59.1 Å². The van der Waals surface area contributed by atoms with Crippen LogP contribution in [0.25, 0.3) is 0 Å². The highest BCUT2D eigenvalue weighted by Crippen LogP contribution is 2.14. The summed E-state index contributed by atoms with van der Waals surface area (Å²) >= 11 is 0. The van der Waals surface area contributed by atoms with Crippen LogP contribution in [0.3, 0.4) is 0 Å². The Morgan fingerprint density at radius 3 is 2.61 bits per heavy atom. The fourth-order valence-electron chi connectivity index (χ4n) is 1.34. The second-order valence-electron chi connectivity index (χ2n) is 4.81. The molecule has 0 radical (unpaired) electrons. The third kappa shape index (κ3) is 3.91. The summed E-state index contributed by atoms with van der Waals surface area (Å²) in [6.45, 7) is 8.34. The molecule has 5 heteroatoms. The molecule has 1 aromatic rings. The number of nitrogens with one attached hydrogen (secondary N) is 1. The van der Waals surface area contributed by atoms with Crippen molar-refractivity contribution >= 4 is 16.7 Å². The molecule has 0 bridgehead atoms. The van der Waals surface area contributed by atoms with Crippen LogP contribution in [0.1, 0.15) is 38.1 Å². The van der Waals surface area contributed by atoms with Gasteiger partial charge >= 0.3 is 0 Å². The first-order chi connectivity index (χ1) is 8.43. The van der Waals surface area contributed by atoms with E-state index in [4.69, 9.17) is 0 Å². The van der Waals surface area contributed by atoms with E-state index < -0.39 is 10.8 Å². The molecule has 0 spiro atoms. The molecule has 0 aliphatic heterocycles. The van der Waals surface area contributed by atoms with Gasteiger partial charge in [-0.3, -0.25) is 9.00 Å². The summed E-state index contributed by atoms with van der Waals surface area (Å²) < 4.78 is 12.1.